The summed E-state index contributed by atoms with van der Waals surface area (Å²) < 4.78 is 38.1. The third kappa shape index (κ3) is 3.64. The van der Waals surface area contributed by atoms with Crippen LogP contribution in [0.1, 0.15) is 10.4 Å². The molecule has 4 aromatic rings. The fourth-order valence-corrected chi connectivity index (χ4v) is 3.22. The molecule has 0 spiro atoms. The van der Waals surface area contributed by atoms with Crippen LogP contribution >= 0.6 is 11.6 Å². The number of amides is 2. The highest BCUT2D eigenvalue weighted by Crippen LogP contribution is 2.37. The topological polar surface area (TPSA) is 99.8 Å². The molecular weight excluding hydrogens is 423 g/mol. The van der Waals surface area contributed by atoms with Gasteiger partial charge >= 0.3 is 12.1 Å². The number of carbonyl (C=O) groups excluding carboxylic acids is 2. The lowest BCUT2D eigenvalue weighted by atomic mass is 10.1. The first-order valence-electron chi connectivity index (χ1n) is 8.42. The van der Waals surface area contributed by atoms with E-state index in [-0.39, 0.29) is 16.1 Å². The van der Waals surface area contributed by atoms with Crippen molar-refractivity contribution in [3.63, 3.8) is 0 Å². The van der Waals surface area contributed by atoms with E-state index in [1.165, 1.54) is 30.7 Å². The maximum Gasteiger partial charge on any atom is 0.471 e. The normalized spacial score (nSPS) is 11.6. The molecule has 0 aliphatic carbocycles. The molecule has 3 N–H and O–H groups in total. The minimum atomic E-state index is -5.06. The summed E-state index contributed by atoms with van der Waals surface area (Å²) in [5.41, 5.74) is 1.22. The average Bonchev–Trinajstić information content (AvgIpc) is 3.07. The summed E-state index contributed by atoms with van der Waals surface area (Å²) in [6.07, 6.45) is 0.342. The molecule has 3 heterocycles. The third-order valence-corrected chi connectivity index (χ3v) is 4.47. The number of H-pyrrole nitrogens is 1. The van der Waals surface area contributed by atoms with E-state index in [1.54, 1.807) is 12.1 Å². The number of carbonyl (C=O) groups is 2. The Morgan fingerprint density at radius 2 is 1.83 bits per heavy atom. The number of aromatic nitrogens is 3. The number of fused-ring (bicyclic) bond motifs is 3. The first-order chi connectivity index (χ1) is 14.2. The highest BCUT2D eigenvalue weighted by Gasteiger charge is 2.39. The SMILES string of the molecule is O=C(Nc1cc(Cl)cc2c1[nH]c1cncc(NC(=O)C(F)(F)F)c12)c1cccnc1. The van der Waals surface area contributed by atoms with E-state index in [1.807, 2.05) is 5.32 Å². The summed E-state index contributed by atoms with van der Waals surface area (Å²) in [5, 5.41) is 5.44. The molecular formula is C19H11ClF3N5O2. The molecule has 0 aliphatic rings. The minimum absolute atomic E-state index is 0.145. The van der Waals surface area contributed by atoms with E-state index in [0.29, 0.717) is 27.7 Å². The molecule has 0 radical (unpaired) electrons. The maximum absolute atomic E-state index is 12.7. The van der Waals surface area contributed by atoms with Gasteiger partial charge in [-0.2, -0.15) is 13.2 Å². The van der Waals surface area contributed by atoms with Crippen molar-refractivity contribution in [2.75, 3.05) is 10.6 Å². The Morgan fingerprint density at radius 3 is 2.53 bits per heavy atom. The van der Waals surface area contributed by atoms with Crippen molar-refractivity contribution < 1.29 is 22.8 Å². The molecule has 0 atom stereocenters. The monoisotopic (exact) mass is 433 g/mol. The van der Waals surface area contributed by atoms with Crippen LogP contribution in [0.15, 0.2) is 49.1 Å². The highest BCUT2D eigenvalue weighted by atomic mass is 35.5. The van der Waals surface area contributed by atoms with Gasteiger partial charge in [-0.15, -0.1) is 0 Å². The van der Waals surface area contributed by atoms with E-state index < -0.39 is 18.0 Å². The second kappa shape index (κ2) is 7.30. The van der Waals surface area contributed by atoms with Gasteiger partial charge in [0.05, 0.1) is 40.4 Å². The fourth-order valence-electron chi connectivity index (χ4n) is 3.00. The van der Waals surface area contributed by atoms with Crippen LogP contribution in [0.4, 0.5) is 24.5 Å². The Balaban J connectivity index is 1.83. The summed E-state index contributed by atoms with van der Waals surface area (Å²) in [5.74, 6) is -2.58. The van der Waals surface area contributed by atoms with Crippen LogP contribution < -0.4 is 10.6 Å². The van der Waals surface area contributed by atoms with Gasteiger partial charge in [0, 0.05) is 28.2 Å². The Morgan fingerprint density at radius 1 is 1.03 bits per heavy atom. The molecule has 0 unspecified atom stereocenters. The van der Waals surface area contributed by atoms with Crippen LogP contribution in [0.2, 0.25) is 5.02 Å². The number of aromatic amines is 1. The molecule has 0 aliphatic heterocycles. The first kappa shape index (κ1) is 19.6. The number of nitrogens with zero attached hydrogens (tertiary/aromatic N) is 2. The third-order valence-electron chi connectivity index (χ3n) is 4.26. The molecule has 0 fully saturated rings. The molecule has 3 aromatic heterocycles. The quantitative estimate of drug-likeness (QED) is 0.442. The number of nitrogens with one attached hydrogen (secondary N) is 3. The van der Waals surface area contributed by atoms with Gasteiger partial charge in [0.25, 0.3) is 5.91 Å². The second-order valence-corrected chi connectivity index (χ2v) is 6.69. The standard InChI is InChI=1S/C19H11ClF3N5O2/c20-10-4-11-15-13(7-25-8-14(15)28-18(30)19(21,22)23)26-16(11)12(5-10)27-17(29)9-2-1-3-24-6-9/h1-8,26H,(H,27,29)(H,28,30). The van der Waals surface area contributed by atoms with E-state index in [4.69, 9.17) is 11.6 Å². The van der Waals surface area contributed by atoms with Gasteiger partial charge in [-0.05, 0) is 24.3 Å². The van der Waals surface area contributed by atoms with Gasteiger partial charge in [0.1, 0.15) is 0 Å². The number of pyridine rings is 2. The predicted molar refractivity (Wildman–Crippen MR) is 105 cm³/mol. The molecule has 0 saturated carbocycles. The first-order valence-corrected chi connectivity index (χ1v) is 8.80. The average molecular weight is 434 g/mol. The zero-order valence-electron chi connectivity index (χ0n) is 14.8. The van der Waals surface area contributed by atoms with Crippen LogP contribution in [0.25, 0.3) is 21.8 Å². The summed E-state index contributed by atoms with van der Waals surface area (Å²) in [6, 6.07) is 6.18. The maximum atomic E-state index is 12.7. The van der Waals surface area contributed by atoms with E-state index in [0.717, 1.165) is 6.20 Å². The van der Waals surface area contributed by atoms with Crippen molar-refractivity contribution in [2.45, 2.75) is 6.18 Å². The van der Waals surface area contributed by atoms with E-state index in [2.05, 4.69) is 20.3 Å². The van der Waals surface area contributed by atoms with E-state index in [9.17, 15) is 22.8 Å². The van der Waals surface area contributed by atoms with Gasteiger partial charge in [0.2, 0.25) is 0 Å². The van der Waals surface area contributed by atoms with Crippen molar-refractivity contribution in [2.24, 2.45) is 0 Å². The molecule has 7 nitrogen and oxygen atoms in total. The second-order valence-electron chi connectivity index (χ2n) is 6.26. The predicted octanol–water partition coefficient (Wildman–Crippen LogP) is 4.52. The van der Waals surface area contributed by atoms with Crippen molar-refractivity contribution in [3.8, 4) is 0 Å². The number of anilines is 2. The van der Waals surface area contributed by atoms with Crippen molar-refractivity contribution >= 4 is 56.6 Å². The summed E-state index contributed by atoms with van der Waals surface area (Å²) in [6.45, 7) is 0. The van der Waals surface area contributed by atoms with E-state index >= 15 is 0 Å². The van der Waals surface area contributed by atoms with Gasteiger partial charge in [-0.25, -0.2) is 0 Å². The van der Waals surface area contributed by atoms with Crippen LogP contribution in [0.5, 0.6) is 0 Å². The largest absolute Gasteiger partial charge is 0.471 e. The zero-order chi connectivity index (χ0) is 21.5. The zero-order valence-corrected chi connectivity index (χ0v) is 15.6. The highest BCUT2D eigenvalue weighted by molar-refractivity contribution is 6.33. The smallest absolute Gasteiger partial charge is 0.351 e. The Bertz CT molecular complexity index is 1290. The molecule has 2 amide bonds. The number of benzene rings is 1. The number of hydrogen-bond acceptors (Lipinski definition) is 4. The molecule has 0 bridgehead atoms. The molecule has 152 valence electrons. The fraction of sp³-hybridized carbons (Fsp3) is 0.0526. The van der Waals surface area contributed by atoms with Gasteiger partial charge < -0.3 is 15.6 Å². The van der Waals surface area contributed by atoms with Gasteiger partial charge in [-0.3, -0.25) is 19.6 Å². The van der Waals surface area contributed by atoms with Crippen molar-refractivity contribution in [1.82, 2.24) is 15.0 Å². The summed E-state index contributed by atoms with van der Waals surface area (Å²) in [4.78, 5) is 34.7. The van der Waals surface area contributed by atoms with Crippen molar-refractivity contribution in [1.29, 1.82) is 0 Å². The number of hydrogen-bond donors (Lipinski definition) is 3. The summed E-state index contributed by atoms with van der Waals surface area (Å²) in [7, 11) is 0. The molecule has 4 rings (SSSR count). The Kier molecular flexibility index (Phi) is 4.78. The van der Waals surface area contributed by atoms with Gasteiger partial charge in [-0.1, -0.05) is 11.6 Å². The van der Waals surface area contributed by atoms with Crippen LogP contribution in [-0.2, 0) is 4.79 Å². The Labute approximate surface area is 171 Å². The summed E-state index contributed by atoms with van der Waals surface area (Å²) >= 11 is 6.18. The lowest BCUT2D eigenvalue weighted by Gasteiger charge is -2.09. The van der Waals surface area contributed by atoms with Crippen LogP contribution in [0, 0.1) is 0 Å². The molecule has 1 aromatic carbocycles. The number of rotatable bonds is 3. The van der Waals surface area contributed by atoms with Crippen LogP contribution in [0.3, 0.4) is 0 Å². The lowest BCUT2D eigenvalue weighted by Crippen LogP contribution is -2.30. The van der Waals surface area contributed by atoms with Crippen molar-refractivity contribution in [3.05, 3.63) is 59.6 Å². The minimum Gasteiger partial charge on any atom is -0.351 e. The number of halogens is 4. The van der Waals surface area contributed by atoms with Gasteiger partial charge in [0.15, 0.2) is 0 Å². The molecule has 30 heavy (non-hydrogen) atoms. The molecule has 11 heteroatoms. The number of alkyl halides is 3. The molecule has 0 saturated heterocycles. The lowest BCUT2D eigenvalue weighted by molar-refractivity contribution is -0.167. The van der Waals surface area contributed by atoms with Crippen LogP contribution in [-0.4, -0.2) is 32.9 Å². The Hall–Kier alpha value is -3.66.